The van der Waals surface area contributed by atoms with E-state index in [9.17, 15) is 4.79 Å². The van der Waals surface area contributed by atoms with Crippen molar-refractivity contribution < 1.29 is 9.53 Å². The van der Waals surface area contributed by atoms with Gasteiger partial charge < -0.3 is 15.4 Å². The summed E-state index contributed by atoms with van der Waals surface area (Å²) in [5.74, 6) is 0.230. The summed E-state index contributed by atoms with van der Waals surface area (Å²) < 4.78 is 5.34. The Balaban J connectivity index is 2.35. The number of ether oxygens (including phenoxy) is 1. The molecule has 0 saturated carbocycles. The smallest absolute Gasteiger partial charge is 0.223 e. The van der Waals surface area contributed by atoms with Crippen molar-refractivity contribution in [1.29, 1.82) is 0 Å². The molecule has 1 aliphatic heterocycles. The third-order valence-electron chi connectivity index (χ3n) is 3.14. The number of hydrogen-bond donors (Lipinski definition) is 1. The molecule has 0 aromatic rings. The van der Waals surface area contributed by atoms with Gasteiger partial charge >= 0.3 is 0 Å². The molecule has 1 unspecified atom stereocenters. The van der Waals surface area contributed by atoms with Gasteiger partial charge in [-0.25, -0.2) is 0 Å². The van der Waals surface area contributed by atoms with Crippen molar-refractivity contribution in [2.45, 2.75) is 46.1 Å². The molecule has 0 aliphatic carbocycles. The molecule has 4 nitrogen and oxygen atoms in total. The molecule has 1 saturated heterocycles. The van der Waals surface area contributed by atoms with Gasteiger partial charge in [-0.3, -0.25) is 4.79 Å². The normalized spacial score (nSPS) is 21.6. The summed E-state index contributed by atoms with van der Waals surface area (Å²) in [4.78, 5) is 14.0. The minimum absolute atomic E-state index is 0.0749. The lowest BCUT2D eigenvalue weighted by molar-refractivity contribution is -0.139. The molecular formula is C13H26N2O2. The Kier molecular flexibility index (Phi) is 5.40. The lowest BCUT2D eigenvalue weighted by atomic mass is 9.90. The van der Waals surface area contributed by atoms with Crippen molar-refractivity contribution in [3.63, 3.8) is 0 Å². The SMILES string of the molecule is CC(C)(C)CCCC(=O)N1CCOCC1CN. The number of hydrogen-bond acceptors (Lipinski definition) is 3. The maximum atomic E-state index is 12.1. The van der Waals surface area contributed by atoms with Crippen LogP contribution in [0.2, 0.25) is 0 Å². The van der Waals surface area contributed by atoms with Gasteiger partial charge in [-0.05, 0) is 18.3 Å². The Bertz CT molecular complexity index is 248. The summed E-state index contributed by atoms with van der Waals surface area (Å²) in [6.07, 6.45) is 2.67. The molecule has 1 aliphatic rings. The predicted molar refractivity (Wildman–Crippen MR) is 68.7 cm³/mol. The van der Waals surface area contributed by atoms with Gasteiger partial charge in [0, 0.05) is 19.5 Å². The Morgan fingerprint density at radius 3 is 2.76 bits per heavy atom. The molecule has 1 amide bonds. The number of carbonyl (C=O) groups is 1. The molecule has 0 aromatic heterocycles. The first-order chi connectivity index (χ1) is 7.94. The van der Waals surface area contributed by atoms with Gasteiger partial charge in [0.25, 0.3) is 0 Å². The van der Waals surface area contributed by atoms with E-state index in [1.165, 1.54) is 0 Å². The zero-order chi connectivity index (χ0) is 12.9. The maximum absolute atomic E-state index is 12.1. The Labute approximate surface area is 104 Å². The number of carbonyl (C=O) groups excluding carboxylic acids is 1. The Morgan fingerprint density at radius 2 is 2.18 bits per heavy atom. The van der Waals surface area contributed by atoms with E-state index in [-0.39, 0.29) is 11.9 Å². The van der Waals surface area contributed by atoms with E-state index in [4.69, 9.17) is 10.5 Å². The van der Waals surface area contributed by atoms with Gasteiger partial charge in [0.1, 0.15) is 0 Å². The fourth-order valence-electron chi connectivity index (χ4n) is 2.09. The molecule has 17 heavy (non-hydrogen) atoms. The largest absolute Gasteiger partial charge is 0.377 e. The molecule has 0 spiro atoms. The highest BCUT2D eigenvalue weighted by atomic mass is 16.5. The standard InChI is InChI=1S/C13H26N2O2/c1-13(2,3)6-4-5-12(16)15-7-8-17-10-11(15)9-14/h11H,4-10,14H2,1-3H3. The van der Waals surface area contributed by atoms with Crippen molar-refractivity contribution >= 4 is 5.91 Å². The van der Waals surface area contributed by atoms with Crippen LogP contribution >= 0.6 is 0 Å². The van der Waals surface area contributed by atoms with Crippen LogP contribution in [0.5, 0.6) is 0 Å². The first kappa shape index (κ1) is 14.5. The zero-order valence-electron chi connectivity index (χ0n) is 11.4. The molecule has 1 heterocycles. The lowest BCUT2D eigenvalue weighted by Gasteiger charge is -2.35. The van der Waals surface area contributed by atoms with Crippen LogP contribution in [0, 0.1) is 5.41 Å². The molecule has 0 aromatic carbocycles. The average molecular weight is 242 g/mol. The highest BCUT2D eigenvalue weighted by Crippen LogP contribution is 2.22. The zero-order valence-corrected chi connectivity index (χ0v) is 11.4. The summed E-state index contributed by atoms with van der Waals surface area (Å²) in [6, 6.07) is 0.0749. The van der Waals surface area contributed by atoms with E-state index >= 15 is 0 Å². The van der Waals surface area contributed by atoms with E-state index in [1.807, 2.05) is 4.90 Å². The maximum Gasteiger partial charge on any atom is 0.223 e. The molecular weight excluding hydrogens is 216 g/mol. The van der Waals surface area contributed by atoms with Gasteiger partial charge in [-0.2, -0.15) is 0 Å². The first-order valence-electron chi connectivity index (χ1n) is 6.51. The number of amides is 1. The fraction of sp³-hybridized carbons (Fsp3) is 0.923. The average Bonchev–Trinajstić information content (AvgIpc) is 2.27. The molecule has 100 valence electrons. The van der Waals surface area contributed by atoms with Gasteiger partial charge in [0.05, 0.1) is 19.3 Å². The molecule has 2 N–H and O–H groups in total. The predicted octanol–water partition coefficient (Wildman–Crippen LogP) is 1.39. The molecule has 1 atom stereocenters. The summed E-state index contributed by atoms with van der Waals surface area (Å²) in [7, 11) is 0. The van der Waals surface area contributed by atoms with Crippen LogP contribution in [0.1, 0.15) is 40.0 Å². The van der Waals surface area contributed by atoms with Gasteiger partial charge in [0.2, 0.25) is 5.91 Å². The molecule has 0 bridgehead atoms. The lowest BCUT2D eigenvalue weighted by Crippen LogP contribution is -2.52. The topological polar surface area (TPSA) is 55.6 Å². The van der Waals surface area contributed by atoms with E-state index in [0.717, 1.165) is 12.8 Å². The van der Waals surface area contributed by atoms with Crippen LogP contribution in [0.25, 0.3) is 0 Å². The van der Waals surface area contributed by atoms with Crippen molar-refractivity contribution in [1.82, 2.24) is 4.90 Å². The highest BCUT2D eigenvalue weighted by Gasteiger charge is 2.25. The fourth-order valence-corrected chi connectivity index (χ4v) is 2.09. The number of morpholine rings is 1. The summed E-state index contributed by atoms with van der Waals surface area (Å²) in [5.41, 5.74) is 5.96. The number of nitrogens with zero attached hydrogens (tertiary/aromatic N) is 1. The summed E-state index contributed by atoms with van der Waals surface area (Å²) in [6.45, 7) is 9.02. The summed E-state index contributed by atoms with van der Waals surface area (Å²) in [5, 5.41) is 0. The van der Waals surface area contributed by atoms with Crippen LogP contribution < -0.4 is 5.73 Å². The van der Waals surface area contributed by atoms with Crippen LogP contribution in [-0.4, -0.2) is 43.2 Å². The molecule has 0 radical (unpaired) electrons. The van der Waals surface area contributed by atoms with Crippen molar-refractivity contribution in [3.8, 4) is 0 Å². The van der Waals surface area contributed by atoms with Crippen LogP contribution in [0.15, 0.2) is 0 Å². The van der Waals surface area contributed by atoms with Crippen molar-refractivity contribution in [3.05, 3.63) is 0 Å². The van der Waals surface area contributed by atoms with Crippen molar-refractivity contribution in [2.24, 2.45) is 11.1 Å². The van der Waals surface area contributed by atoms with Gasteiger partial charge in [-0.15, -0.1) is 0 Å². The van der Waals surface area contributed by atoms with E-state index in [0.29, 0.717) is 38.1 Å². The monoisotopic (exact) mass is 242 g/mol. The number of rotatable bonds is 4. The molecule has 4 heteroatoms. The Hall–Kier alpha value is -0.610. The highest BCUT2D eigenvalue weighted by molar-refractivity contribution is 5.76. The second kappa shape index (κ2) is 6.36. The van der Waals surface area contributed by atoms with Crippen LogP contribution in [0.4, 0.5) is 0 Å². The van der Waals surface area contributed by atoms with Gasteiger partial charge in [-0.1, -0.05) is 20.8 Å². The minimum atomic E-state index is 0.0749. The van der Waals surface area contributed by atoms with E-state index < -0.39 is 0 Å². The third-order valence-corrected chi connectivity index (χ3v) is 3.14. The quantitative estimate of drug-likeness (QED) is 0.810. The van der Waals surface area contributed by atoms with Crippen LogP contribution in [-0.2, 0) is 9.53 Å². The van der Waals surface area contributed by atoms with E-state index in [1.54, 1.807) is 0 Å². The van der Waals surface area contributed by atoms with Gasteiger partial charge in [0.15, 0.2) is 0 Å². The van der Waals surface area contributed by atoms with Crippen molar-refractivity contribution in [2.75, 3.05) is 26.3 Å². The first-order valence-corrected chi connectivity index (χ1v) is 6.51. The molecule has 1 fully saturated rings. The van der Waals surface area contributed by atoms with E-state index in [2.05, 4.69) is 20.8 Å². The molecule has 1 rings (SSSR count). The Morgan fingerprint density at radius 1 is 1.47 bits per heavy atom. The minimum Gasteiger partial charge on any atom is -0.377 e. The van der Waals surface area contributed by atoms with Crippen LogP contribution in [0.3, 0.4) is 0 Å². The second-order valence-corrected chi connectivity index (χ2v) is 5.97. The summed E-state index contributed by atoms with van der Waals surface area (Å²) >= 11 is 0. The second-order valence-electron chi connectivity index (χ2n) is 5.97. The third kappa shape index (κ3) is 5.04. The number of nitrogens with two attached hydrogens (primary N) is 1.